The van der Waals surface area contributed by atoms with Gasteiger partial charge in [0, 0.05) is 48.9 Å². The van der Waals surface area contributed by atoms with Crippen LogP contribution in [0.2, 0.25) is 5.02 Å². The minimum atomic E-state index is -0.812. The van der Waals surface area contributed by atoms with Gasteiger partial charge in [-0.1, -0.05) is 35.9 Å². The van der Waals surface area contributed by atoms with E-state index in [0.717, 1.165) is 59.8 Å². The van der Waals surface area contributed by atoms with Crippen molar-refractivity contribution in [3.8, 4) is 11.5 Å². The Morgan fingerprint density at radius 2 is 1.92 bits per heavy atom. The second-order valence-corrected chi connectivity index (χ2v) is 10.4. The number of hydrogen-bond donors (Lipinski definition) is 1. The number of benzene rings is 2. The van der Waals surface area contributed by atoms with Crippen molar-refractivity contribution in [3.63, 3.8) is 0 Å². The number of halogens is 1. The lowest BCUT2D eigenvalue weighted by atomic mass is 9.84. The van der Waals surface area contributed by atoms with Crippen LogP contribution in [0.4, 0.5) is 0 Å². The van der Waals surface area contributed by atoms with E-state index in [1.165, 1.54) is 6.92 Å². The zero-order valence-corrected chi connectivity index (χ0v) is 22.8. The lowest BCUT2D eigenvalue weighted by molar-refractivity contribution is -0.141. The molecule has 1 fully saturated rings. The van der Waals surface area contributed by atoms with Crippen LogP contribution in [-0.2, 0) is 21.7 Å². The molecule has 1 N–H and O–H groups in total. The molecule has 0 aliphatic carbocycles. The Hall–Kier alpha value is -3.39. The highest BCUT2D eigenvalue weighted by Gasteiger charge is 2.33. The number of ether oxygens (including phenoxy) is 3. The molecule has 0 amide bonds. The molecular weight excluding hydrogens is 516 g/mol. The third-order valence-electron chi connectivity index (χ3n) is 7.30. The van der Waals surface area contributed by atoms with Gasteiger partial charge in [0.1, 0.15) is 31.3 Å². The summed E-state index contributed by atoms with van der Waals surface area (Å²) in [6.45, 7) is 4.76. The lowest BCUT2D eigenvalue weighted by Gasteiger charge is -2.38. The summed E-state index contributed by atoms with van der Waals surface area (Å²) in [6, 6.07) is 17.3. The largest absolute Gasteiger partial charge is 0.490 e. The number of esters is 1. The number of nitrogens with zero attached hydrogens (tertiary/aromatic N) is 2. The second-order valence-electron chi connectivity index (χ2n) is 9.92. The highest BCUT2D eigenvalue weighted by Crippen LogP contribution is 2.39. The molecule has 1 saturated heterocycles. The first kappa shape index (κ1) is 27.2. The number of carbonyl (C=O) groups excluding carboxylic acids is 1. The average molecular weight is 549 g/mol. The van der Waals surface area contributed by atoms with Crippen molar-refractivity contribution in [2.24, 2.45) is 0 Å². The monoisotopic (exact) mass is 548 g/mol. The number of hydrogen-bond acceptors (Lipinski definition) is 7. The number of pyridine rings is 1. The number of likely N-dealkylation sites (tertiary alicyclic amines) is 1. The predicted octanol–water partition coefficient (Wildman–Crippen LogP) is 5.37. The van der Waals surface area contributed by atoms with Crippen LogP contribution in [0.1, 0.15) is 48.6 Å². The van der Waals surface area contributed by atoms with Crippen LogP contribution in [0.15, 0.2) is 66.9 Å². The molecular formula is C31H33ClN2O5. The summed E-state index contributed by atoms with van der Waals surface area (Å²) in [5.41, 5.74) is 4.06. The molecule has 3 aromatic rings. The van der Waals surface area contributed by atoms with Crippen molar-refractivity contribution in [2.45, 2.75) is 38.4 Å². The average Bonchev–Trinajstić information content (AvgIpc) is 3.09. The van der Waals surface area contributed by atoms with Gasteiger partial charge in [0.2, 0.25) is 0 Å². The van der Waals surface area contributed by atoms with Gasteiger partial charge in [-0.05, 0) is 66.8 Å². The van der Waals surface area contributed by atoms with Gasteiger partial charge < -0.3 is 24.2 Å². The molecule has 7 nitrogen and oxygen atoms in total. The minimum Gasteiger partial charge on any atom is -0.490 e. The van der Waals surface area contributed by atoms with Gasteiger partial charge in [-0.25, -0.2) is 0 Å². The summed E-state index contributed by atoms with van der Waals surface area (Å²) in [7, 11) is 0. The van der Waals surface area contributed by atoms with Crippen molar-refractivity contribution in [1.82, 2.24) is 9.88 Å². The number of fused-ring (bicyclic) bond motifs is 2. The van der Waals surface area contributed by atoms with Crippen LogP contribution in [0.25, 0.3) is 5.57 Å². The zero-order valence-electron chi connectivity index (χ0n) is 22.1. The molecule has 5 rings (SSSR count). The Balaban J connectivity index is 1.29. The molecule has 1 aromatic heterocycles. The number of aromatic nitrogens is 1. The van der Waals surface area contributed by atoms with Gasteiger partial charge in [-0.3, -0.25) is 9.78 Å². The second kappa shape index (κ2) is 12.2. The molecule has 8 heteroatoms. The summed E-state index contributed by atoms with van der Waals surface area (Å²) < 4.78 is 16.9. The smallest absolute Gasteiger partial charge is 0.302 e. The number of piperidine rings is 1. The third kappa shape index (κ3) is 6.61. The Labute approximate surface area is 234 Å². The van der Waals surface area contributed by atoms with Crippen LogP contribution in [0.3, 0.4) is 0 Å². The van der Waals surface area contributed by atoms with Gasteiger partial charge in [-0.2, -0.15) is 0 Å². The van der Waals surface area contributed by atoms with Gasteiger partial charge in [0.25, 0.3) is 0 Å². The van der Waals surface area contributed by atoms with E-state index < -0.39 is 5.60 Å². The molecule has 2 aliphatic rings. The van der Waals surface area contributed by atoms with Crippen molar-refractivity contribution in [2.75, 3.05) is 32.8 Å². The maximum absolute atomic E-state index is 11.2. The lowest BCUT2D eigenvalue weighted by Crippen LogP contribution is -2.42. The van der Waals surface area contributed by atoms with Crippen LogP contribution in [-0.4, -0.2) is 53.8 Å². The molecule has 2 aromatic carbocycles. The summed E-state index contributed by atoms with van der Waals surface area (Å²) in [4.78, 5) is 18.0. The molecule has 39 heavy (non-hydrogen) atoms. The highest BCUT2D eigenvalue weighted by atomic mass is 35.5. The third-order valence-corrected chi connectivity index (χ3v) is 7.55. The Bertz CT molecular complexity index is 1330. The van der Waals surface area contributed by atoms with Crippen molar-refractivity contribution in [3.05, 3.63) is 94.3 Å². The SMILES string of the molecule is CC(=O)OCCOc1ccc2c(c1)C(=CCCN1CCC(O)(c3ccc(Cl)cc3)CC1)c1cccnc1CO2. The summed E-state index contributed by atoms with van der Waals surface area (Å²) in [5, 5.41) is 11.9. The van der Waals surface area contributed by atoms with E-state index in [1.807, 2.05) is 48.5 Å². The van der Waals surface area contributed by atoms with Crippen molar-refractivity contribution >= 4 is 23.1 Å². The number of aliphatic hydroxyl groups is 1. The Kier molecular flexibility index (Phi) is 8.50. The quantitative estimate of drug-likeness (QED) is 0.299. The van der Waals surface area contributed by atoms with E-state index >= 15 is 0 Å². The first-order valence-electron chi connectivity index (χ1n) is 13.3. The van der Waals surface area contributed by atoms with Crippen LogP contribution >= 0.6 is 11.6 Å². The summed E-state index contributed by atoms with van der Waals surface area (Å²) in [5.74, 6) is 1.13. The minimum absolute atomic E-state index is 0.196. The summed E-state index contributed by atoms with van der Waals surface area (Å²) in [6.07, 6.45) is 6.23. The molecule has 2 aliphatic heterocycles. The predicted molar refractivity (Wildman–Crippen MR) is 150 cm³/mol. The van der Waals surface area contributed by atoms with E-state index in [9.17, 15) is 9.90 Å². The molecule has 3 heterocycles. The fourth-order valence-electron chi connectivity index (χ4n) is 5.18. The Morgan fingerprint density at radius 3 is 2.69 bits per heavy atom. The Morgan fingerprint density at radius 1 is 1.13 bits per heavy atom. The fourth-order valence-corrected chi connectivity index (χ4v) is 5.30. The van der Waals surface area contributed by atoms with Gasteiger partial charge in [-0.15, -0.1) is 0 Å². The maximum Gasteiger partial charge on any atom is 0.302 e. The van der Waals surface area contributed by atoms with Crippen LogP contribution in [0.5, 0.6) is 11.5 Å². The van der Waals surface area contributed by atoms with E-state index in [4.69, 9.17) is 25.8 Å². The van der Waals surface area contributed by atoms with E-state index in [1.54, 1.807) is 6.20 Å². The standard InChI is InChI=1S/C31H33ClN2O5/c1-22(35)37-18-19-38-25-10-11-30-28(20-25)26(27-4-2-14-33-29(27)21-39-30)5-3-15-34-16-12-31(36,13-17-34)23-6-8-24(32)9-7-23/h2,4-11,14,20,36H,3,12-13,15-19,21H2,1H3. The topological polar surface area (TPSA) is 81.1 Å². The fraction of sp³-hybridized carbons (Fsp3) is 0.355. The van der Waals surface area contributed by atoms with E-state index in [2.05, 4.69) is 22.0 Å². The van der Waals surface area contributed by atoms with Gasteiger partial charge in [0.15, 0.2) is 0 Å². The van der Waals surface area contributed by atoms with Gasteiger partial charge in [0.05, 0.1) is 11.3 Å². The molecule has 0 spiro atoms. The number of carbonyl (C=O) groups is 1. The molecule has 0 bridgehead atoms. The van der Waals surface area contributed by atoms with E-state index in [0.29, 0.717) is 30.2 Å². The van der Waals surface area contributed by atoms with E-state index in [-0.39, 0.29) is 19.2 Å². The molecule has 0 radical (unpaired) electrons. The van der Waals surface area contributed by atoms with Crippen LogP contribution in [0, 0.1) is 0 Å². The molecule has 0 unspecified atom stereocenters. The van der Waals surface area contributed by atoms with Crippen molar-refractivity contribution in [1.29, 1.82) is 0 Å². The normalized spacial score (nSPS) is 17.5. The first-order valence-corrected chi connectivity index (χ1v) is 13.7. The highest BCUT2D eigenvalue weighted by molar-refractivity contribution is 6.30. The molecule has 204 valence electrons. The van der Waals surface area contributed by atoms with Crippen LogP contribution < -0.4 is 9.47 Å². The summed E-state index contributed by atoms with van der Waals surface area (Å²) >= 11 is 6.03. The maximum atomic E-state index is 11.2. The van der Waals surface area contributed by atoms with Crippen molar-refractivity contribution < 1.29 is 24.1 Å². The zero-order chi connectivity index (χ0) is 27.2. The first-order chi connectivity index (χ1) is 18.9. The molecule has 0 saturated carbocycles. The number of rotatable bonds is 8. The van der Waals surface area contributed by atoms with Gasteiger partial charge >= 0.3 is 5.97 Å². The molecule has 0 atom stereocenters.